The van der Waals surface area contributed by atoms with Gasteiger partial charge in [0, 0.05) is 25.6 Å². The van der Waals surface area contributed by atoms with Crippen LogP contribution in [0.2, 0.25) is 0 Å². The molecule has 0 aromatic carbocycles. The second-order valence-corrected chi connectivity index (χ2v) is 5.00. The van der Waals surface area contributed by atoms with Crippen molar-refractivity contribution < 1.29 is 5.11 Å². The van der Waals surface area contributed by atoms with Crippen molar-refractivity contribution >= 4 is 0 Å². The number of hydrogen-bond donors (Lipinski definition) is 2. The Morgan fingerprint density at radius 2 is 2.12 bits per heavy atom. The fourth-order valence-corrected chi connectivity index (χ4v) is 2.52. The third-order valence-electron chi connectivity index (χ3n) is 3.62. The molecule has 5 nitrogen and oxygen atoms in total. The zero-order valence-electron chi connectivity index (χ0n) is 10.3. The Bertz CT molecular complexity index is 331. The maximum Gasteiger partial charge on any atom is 0.133 e. The number of nitrogens with two attached hydrogens (primary N) is 1. The lowest BCUT2D eigenvalue weighted by Crippen LogP contribution is -2.27. The van der Waals surface area contributed by atoms with Crippen molar-refractivity contribution in [3.8, 4) is 0 Å². The molecule has 1 aromatic rings. The van der Waals surface area contributed by atoms with Crippen molar-refractivity contribution in [1.82, 2.24) is 14.8 Å². The molecule has 0 amide bonds. The van der Waals surface area contributed by atoms with Crippen LogP contribution in [0, 0.1) is 5.92 Å². The molecule has 2 rings (SSSR count). The summed E-state index contributed by atoms with van der Waals surface area (Å²) in [6.45, 7) is 1.03. The molecule has 0 saturated heterocycles. The van der Waals surface area contributed by atoms with Gasteiger partial charge in [-0.25, -0.2) is 0 Å². The summed E-state index contributed by atoms with van der Waals surface area (Å²) in [6.07, 6.45) is 8.20. The average molecular weight is 238 g/mol. The Morgan fingerprint density at radius 1 is 1.35 bits per heavy atom. The minimum Gasteiger partial charge on any atom is -0.396 e. The van der Waals surface area contributed by atoms with Crippen LogP contribution in [-0.4, -0.2) is 32.5 Å². The van der Waals surface area contributed by atoms with Gasteiger partial charge >= 0.3 is 0 Å². The quantitative estimate of drug-likeness (QED) is 0.792. The van der Waals surface area contributed by atoms with Crippen LogP contribution in [-0.2, 0) is 13.0 Å². The molecule has 0 atom stereocenters. The Labute approximate surface area is 102 Å². The molecule has 1 fully saturated rings. The highest BCUT2D eigenvalue weighted by atomic mass is 16.3. The van der Waals surface area contributed by atoms with Crippen molar-refractivity contribution in [2.75, 3.05) is 6.61 Å². The topological polar surface area (TPSA) is 77.0 Å². The van der Waals surface area contributed by atoms with E-state index in [1.54, 1.807) is 6.33 Å². The second kappa shape index (κ2) is 6.12. The maximum atomic E-state index is 8.84. The third-order valence-corrected chi connectivity index (χ3v) is 3.62. The van der Waals surface area contributed by atoms with Gasteiger partial charge in [0.25, 0.3) is 0 Å². The molecule has 0 aliphatic heterocycles. The van der Waals surface area contributed by atoms with E-state index in [0.717, 1.165) is 38.1 Å². The SMILES string of the molecule is NC1CCC(Cc2nncn2CCCO)CC1. The van der Waals surface area contributed by atoms with E-state index in [9.17, 15) is 0 Å². The molecule has 0 bridgehead atoms. The van der Waals surface area contributed by atoms with E-state index in [2.05, 4.69) is 14.8 Å². The van der Waals surface area contributed by atoms with Crippen LogP contribution >= 0.6 is 0 Å². The van der Waals surface area contributed by atoms with Gasteiger partial charge in [-0.05, 0) is 38.0 Å². The molecule has 0 spiro atoms. The zero-order chi connectivity index (χ0) is 12.1. The van der Waals surface area contributed by atoms with Crippen molar-refractivity contribution in [2.24, 2.45) is 11.7 Å². The lowest BCUT2D eigenvalue weighted by atomic mass is 9.84. The van der Waals surface area contributed by atoms with Crippen LogP contribution in [0.4, 0.5) is 0 Å². The lowest BCUT2D eigenvalue weighted by molar-refractivity contribution is 0.277. The highest BCUT2D eigenvalue weighted by Gasteiger charge is 2.20. The minimum absolute atomic E-state index is 0.218. The summed E-state index contributed by atoms with van der Waals surface area (Å²) in [6, 6.07) is 0.401. The number of aliphatic hydroxyl groups is 1. The molecule has 0 unspecified atom stereocenters. The van der Waals surface area contributed by atoms with Crippen molar-refractivity contribution in [2.45, 2.75) is 51.1 Å². The standard InChI is InChI=1S/C12H22N4O/c13-11-4-2-10(3-5-11)8-12-15-14-9-16(12)6-1-7-17/h9-11,17H,1-8,13H2. The number of aliphatic hydroxyl groups excluding tert-OH is 1. The number of aryl methyl sites for hydroxylation is 1. The van der Waals surface area contributed by atoms with E-state index in [1.165, 1.54) is 12.8 Å². The van der Waals surface area contributed by atoms with Crippen molar-refractivity contribution in [3.05, 3.63) is 12.2 Å². The van der Waals surface area contributed by atoms with Gasteiger partial charge in [-0.3, -0.25) is 0 Å². The molecular formula is C12H22N4O. The number of rotatable bonds is 5. The summed E-state index contributed by atoms with van der Waals surface area (Å²) in [5, 5.41) is 17.0. The van der Waals surface area contributed by atoms with Crippen LogP contribution in [0.15, 0.2) is 6.33 Å². The van der Waals surface area contributed by atoms with Gasteiger partial charge in [-0.1, -0.05) is 0 Å². The van der Waals surface area contributed by atoms with Gasteiger partial charge in [0.15, 0.2) is 0 Å². The van der Waals surface area contributed by atoms with Crippen LogP contribution in [0.3, 0.4) is 0 Å². The van der Waals surface area contributed by atoms with Crippen LogP contribution in [0.25, 0.3) is 0 Å². The highest BCUT2D eigenvalue weighted by Crippen LogP contribution is 2.25. The van der Waals surface area contributed by atoms with Crippen LogP contribution in [0.5, 0.6) is 0 Å². The molecule has 5 heteroatoms. The number of aromatic nitrogens is 3. The molecule has 3 N–H and O–H groups in total. The van der Waals surface area contributed by atoms with Crippen LogP contribution in [0.1, 0.15) is 37.9 Å². The fraction of sp³-hybridized carbons (Fsp3) is 0.833. The summed E-state index contributed by atoms with van der Waals surface area (Å²) in [4.78, 5) is 0. The molecule has 1 saturated carbocycles. The van der Waals surface area contributed by atoms with E-state index >= 15 is 0 Å². The van der Waals surface area contributed by atoms with Gasteiger partial charge in [0.1, 0.15) is 12.2 Å². The largest absolute Gasteiger partial charge is 0.396 e. The molecule has 1 aliphatic carbocycles. The lowest BCUT2D eigenvalue weighted by Gasteiger charge is -2.25. The first-order valence-electron chi connectivity index (χ1n) is 6.52. The van der Waals surface area contributed by atoms with E-state index in [-0.39, 0.29) is 6.61 Å². The van der Waals surface area contributed by atoms with E-state index in [4.69, 9.17) is 10.8 Å². The first kappa shape index (κ1) is 12.5. The third kappa shape index (κ3) is 3.51. The number of hydrogen-bond acceptors (Lipinski definition) is 4. The summed E-state index contributed by atoms with van der Waals surface area (Å²) in [5.41, 5.74) is 5.91. The summed E-state index contributed by atoms with van der Waals surface area (Å²) in [7, 11) is 0. The molecule has 1 heterocycles. The fourth-order valence-electron chi connectivity index (χ4n) is 2.52. The normalized spacial score (nSPS) is 25.1. The predicted octanol–water partition coefficient (Wildman–Crippen LogP) is 0.720. The molecule has 96 valence electrons. The van der Waals surface area contributed by atoms with Crippen molar-refractivity contribution in [1.29, 1.82) is 0 Å². The second-order valence-electron chi connectivity index (χ2n) is 5.00. The van der Waals surface area contributed by atoms with E-state index < -0.39 is 0 Å². The predicted molar refractivity (Wildman–Crippen MR) is 65.4 cm³/mol. The van der Waals surface area contributed by atoms with Gasteiger partial charge in [0.05, 0.1) is 0 Å². The monoisotopic (exact) mass is 238 g/mol. The number of nitrogens with zero attached hydrogens (tertiary/aromatic N) is 3. The molecule has 1 aliphatic rings. The van der Waals surface area contributed by atoms with Gasteiger partial charge in [0.2, 0.25) is 0 Å². The van der Waals surface area contributed by atoms with Gasteiger partial charge in [-0.2, -0.15) is 0 Å². The Balaban J connectivity index is 1.87. The molecular weight excluding hydrogens is 216 g/mol. The Kier molecular flexibility index (Phi) is 4.50. The Morgan fingerprint density at radius 3 is 2.82 bits per heavy atom. The maximum absolute atomic E-state index is 8.84. The van der Waals surface area contributed by atoms with Gasteiger partial charge < -0.3 is 15.4 Å². The first-order chi connectivity index (χ1) is 8.29. The van der Waals surface area contributed by atoms with Crippen molar-refractivity contribution in [3.63, 3.8) is 0 Å². The smallest absolute Gasteiger partial charge is 0.133 e. The van der Waals surface area contributed by atoms with E-state index in [1.807, 2.05) is 0 Å². The molecule has 17 heavy (non-hydrogen) atoms. The summed E-state index contributed by atoms with van der Waals surface area (Å²) >= 11 is 0. The summed E-state index contributed by atoms with van der Waals surface area (Å²) < 4.78 is 2.06. The van der Waals surface area contributed by atoms with Gasteiger partial charge in [-0.15, -0.1) is 10.2 Å². The molecule has 0 radical (unpaired) electrons. The minimum atomic E-state index is 0.218. The summed E-state index contributed by atoms with van der Waals surface area (Å²) in [5.74, 6) is 1.76. The Hall–Kier alpha value is -0.940. The molecule has 1 aromatic heterocycles. The highest BCUT2D eigenvalue weighted by molar-refractivity contribution is 4.90. The first-order valence-corrected chi connectivity index (χ1v) is 6.52. The van der Waals surface area contributed by atoms with E-state index in [0.29, 0.717) is 12.0 Å². The van der Waals surface area contributed by atoms with Crippen LogP contribution < -0.4 is 5.73 Å². The zero-order valence-corrected chi connectivity index (χ0v) is 10.3. The average Bonchev–Trinajstić information content (AvgIpc) is 2.77.